The van der Waals surface area contributed by atoms with Gasteiger partial charge in [0.15, 0.2) is 0 Å². The Morgan fingerprint density at radius 1 is 1.15 bits per heavy atom. The molecule has 3 amide bonds. The molecule has 2 unspecified atom stereocenters. The lowest BCUT2D eigenvalue weighted by molar-refractivity contribution is -0.146. The minimum Gasteiger partial charge on any atom is -0.479 e. The summed E-state index contributed by atoms with van der Waals surface area (Å²) in [6, 6.07) is -2.04. The molecule has 1 heterocycles. The van der Waals surface area contributed by atoms with Crippen molar-refractivity contribution in [2.24, 2.45) is 23.2 Å². The standard InChI is InChI=1S/C24H35N3O7/c1-5-14-10-24(14,21(31)32)26-19(29)17-9-15(28)11-27(17)20(30)18(23(2,3)4)25-22(33)34-16-7-12-6-13(12)8-16/h5,12-18,28H,1,6-11H2,2-4H3,(H,25,33)(H,26,29)(H,31,32)/t12-,13?,14+,15+,16?,17-,18+,24+/m0/s1. The third-order valence-corrected chi connectivity index (χ3v) is 7.74. The highest BCUT2D eigenvalue weighted by Crippen LogP contribution is 2.52. The van der Waals surface area contributed by atoms with Crippen LogP contribution in [-0.4, -0.2) is 75.4 Å². The molecule has 3 aliphatic carbocycles. The number of carboxylic acid groups (broad SMARTS) is 1. The monoisotopic (exact) mass is 477 g/mol. The van der Waals surface area contributed by atoms with Crippen molar-refractivity contribution >= 4 is 23.9 Å². The second-order valence-electron chi connectivity index (χ2n) is 11.4. The lowest BCUT2D eigenvalue weighted by atomic mass is 9.85. The second-order valence-corrected chi connectivity index (χ2v) is 11.4. The van der Waals surface area contributed by atoms with E-state index >= 15 is 0 Å². The van der Waals surface area contributed by atoms with Crippen LogP contribution in [0.3, 0.4) is 0 Å². The van der Waals surface area contributed by atoms with Gasteiger partial charge in [-0.1, -0.05) is 26.8 Å². The van der Waals surface area contributed by atoms with Crippen LogP contribution in [0.15, 0.2) is 12.7 Å². The van der Waals surface area contributed by atoms with Crippen molar-refractivity contribution in [3.8, 4) is 0 Å². The van der Waals surface area contributed by atoms with Gasteiger partial charge in [0.05, 0.1) is 6.10 Å². The maximum atomic E-state index is 13.6. The maximum absolute atomic E-state index is 13.6. The topological polar surface area (TPSA) is 145 Å². The third-order valence-electron chi connectivity index (χ3n) is 7.74. The summed E-state index contributed by atoms with van der Waals surface area (Å²) >= 11 is 0. The molecule has 4 fully saturated rings. The number of nitrogens with one attached hydrogen (secondary N) is 2. The first-order chi connectivity index (χ1) is 15.9. The molecule has 4 rings (SSSR count). The molecule has 8 atom stereocenters. The number of fused-ring (bicyclic) bond motifs is 1. The largest absolute Gasteiger partial charge is 0.479 e. The van der Waals surface area contributed by atoms with E-state index in [-0.39, 0.29) is 25.5 Å². The minimum absolute atomic E-state index is 0.0157. The molecule has 4 aliphatic rings. The fraction of sp³-hybridized carbons (Fsp3) is 0.750. The highest BCUT2D eigenvalue weighted by atomic mass is 16.6. The van der Waals surface area contributed by atoms with Crippen molar-refractivity contribution in [3.63, 3.8) is 0 Å². The molecule has 0 radical (unpaired) electrons. The molecule has 34 heavy (non-hydrogen) atoms. The zero-order chi connectivity index (χ0) is 25.0. The summed E-state index contributed by atoms with van der Waals surface area (Å²) < 4.78 is 5.55. The van der Waals surface area contributed by atoms with Gasteiger partial charge >= 0.3 is 12.1 Å². The normalized spacial score (nSPS) is 36.8. The van der Waals surface area contributed by atoms with E-state index in [1.165, 1.54) is 17.4 Å². The van der Waals surface area contributed by atoms with Gasteiger partial charge in [-0.25, -0.2) is 9.59 Å². The number of aliphatic hydroxyl groups is 1. The number of hydrogen-bond acceptors (Lipinski definition) is 6. The number of carbonyl (C=O) groups is 4. The molecule has 0 aromatic carbocycles. The minimum atomic E-state index is -1.44. The number of ether oxygens (including phenoxy) is 1. The van der Waals surface area contributed by atoms with Gasteiger partial charge in [0.25, 0.3) is 0 Å². The predicted molar refractivity (Wildman–Crippen MR) is 120 cm³/mol. The number of nitrogens with zero attached hydrogens (tertiary/aromatic N) is 1. The number of aliphatic hydroxyl groups excluding tert-OH is 1. The van der Waals surface area contributed by atoms with E-state index in [1.807, 2.05) is 0 Å². The van der Waals surface area contributed by atoms with Crippen molar-refractivity contribution in [2.75, 3.05) is 6.54 Å². The fourth-order valence-electron chi connectivity index (χ4n) is 5.50. The quantitative estimate of drug-likeness (QED) is 0.401. The zero-order valence-corrected chi connectivity index (χ0v) is 20.0. The molecule has 1 saturated heterocycles. The highest BCUT2D eigenvalue weighted by Gasteiger charge is 2.61. The Kier molecular flexibility index (Phi) is 6.16. The highest BCUT2D eigenvalue weighted by molar-refractivity contribution is 5.96. The number of alkyl carbamates (subject to hydrolysis) is 1. The molecule has 0 aromatic heterocycles. The summed E-state index contributed by atoms with van der Waals surface area (Å²) in [7, 11) is 0. The van der Waals surface area contributed by atoms with Crippen LogP contribution in [0.1, 0.15) is 52.9 Å². The summed E-state index contributed by atoms with van der Waals surface area (Å²) in [4.78, 5) is 52.2. The Morgan fingerprint density at radius 3 is 2.32 bits per heavy atom. The van der Waals surface area contributed by atoms with Gasteiger partial charge in [-0.05, 0) is 42.9 Å². The average molecular weight is 478 g/mol. The van der Waals surface area contributed by atoms with Crippen molar-refractivity contribution in [2.45, 2.75) is 82.7 Å². The van der Waals surface area contributed by atoms with E-state index in [0.717, 1.165) is 12.8 Å². The first kappa shape index (κ1) is 24.5. The molecule has 1 aliphatic heterocycles. The van der Waals surface area contributed by atoms with Crippen LogP contribution < -0.4 is 10.6 Å². The van der Waals surface area contributed by atoms with Crippen molar-refractivity contribution in [1.29, 1.82) is 0 Å². The van der Waals surface area contributed by atoms with E-state index < -0.39 is 58.9 Å². The molecule has 4 N–H and O–H groups in total. The van der Waals surface area contributed by atoms with Crippen molar-refractivity contribution in [3.05, 3.63) is 12.7 Å². The first-order valence-corrected chi connectivity index (χ1v) is 12.0. The van der Waals surface area contributed by atoms with E-state index in [2.05, 4.69) is 17.2 Å². The Bertz CT molecular complexity index is 889. The molecule has 0 aromatic rings. The van der Waals surface area contributed by atoms with Crippen LogP contribution in [0.25, 0.3) is 0 Å². The number of aliphatic carboxylic acids is 1. The molecule has 10 heteroatoms. The average Bonchev–Trinajstić information content (AvgIpc) is 3.56. The molecule has 0 bridgehead atoms. The Hall–Kier alpha value is -2.62. The summed E-state index contributed by atoms with van der Waals surface area (Å²) in [6.07, 6.45) is 2.84. The second kappa shape index (κ2) is 8.55. The first-order valence-electron chi connectivity index (χ1n) is 12.0. The van der Waals surface area contributed by atoms with E-state index in [1.54, 1.807) is 20.8 Å². The van der Waals surface area contributed by atoms with E-state index in [9.17, 15) is 29.4 Å². The molecular weight excluding hydrogens is 442 g/mol. The van der Waals surface area contributed by atoms with Gasteiger partial charge in [-0.2, -0.15) is 0 Å². The Balaban J connectivity index is 1.44. The molecule has 10 nitrogen and oxygen atoms in total. The van der Waals surface area contributed by atoms with Gasteiger partial charge < -0.3 is 30.5 Å². The molecule has 188 valence electrons. The van der Waals surface area contributed by atoms with Crippen LogP contribution in [0, 0.1) is 23.2 Å². The van der Waals surface area contributed by atoms with Gasteiger partial charge in [0.2, 0.25) is 11.8 Å². The number of amides is 3. The SMILES string of the molecule is C=C[C@@H]1C[C@]1(NC(=O)[C@@H]1C[C@@H](O)CN1C(=O)[C@@H](NC(=O)OC1CC2C[C@H]2C1)C(C)(C)C)C(=O)O. The van der Waals surface area contributed by atoms with Crippen LogP contribution in [0.2, 0.25) is 0 Å². The van der Waals surface area contributed by atoms with Gasteiger partial charge in [-0.15, -0.1) is 6.58 Å². The van der Waals surface area contributed by atoms with Crippen LogP contribution >= 0.6 is 0 Å². The number of carbonyl (C=O) groups excluding carboxylic acids is 3. The van der Waals surface area contributed by atoms with E-state index in [4.69, 9.17) is 4.74 Å². The lowest BCUT2D eigenvalue weighted by Crippen LogP contribution is -2.59. The van der Waals surface area contributed by atoms with Gasteiger partial charge in [0, 0.05) is 18.9 Å². The van der Waals surface area contributed by atoms with Gasteiger partial charge in [-0.3, -0.25) is 9.59 Å². The van der Waals surface area contributed by atoms with Crippen LogP contribution in [0.5, 0.6) is 0 Å². The maximum Gasteiger partial charge on any atom is 0.408 e. The van der Waals surface area contributed by atoms with Crippen LogP contribution in [0.4, 0.5) is 4.79 Å². The van der Waals surface area contributed by atoms with Crippen LogP contribution in [-0.2, 0) is 19.1 Å². The smallest absolute Gasteiger partial charge is 0.408 e. The fourth-order valence-corrected chi connectivity index (χ4v) is 5.50. The number of hydrogen-bond donors (Lipinski definition) is 4. The number of rotatable bonds is 7. The van der Waals surface area contributed by atoms with Crippen molar-refractivity contribution < 1.29 is 34.1 Å². The molecule has 0 spiro atoms. The number of carboxylic acids is 1. The summed E-state index contributed by atoms with van der Waals surface area (Å²) in [5.74, 6) is -1.43. The summed E-state index contributed by atoms with van der Waals surface area (Å²) in [5.41, 5.74) is -2.14. The molecular formula is C24H35N3O7. The molecule has 3 saturated carbocycles. The zero-order valence-electron chi connectivity index (χ0n) is 20.0. The third kappa shape index (κ3) is 4.64. The predicted octanol–water partition coefficient (Wildman–Crippen LogP) is 1.03. The summed E-state index contributed by atoms with van der Waals surface area (Å²) in [6.45, 7) is 8.90. The number of β-amino-alcohol motifs (C(OH)–C–C–N with tert-alkyl or cyclic N) is 1. The lowest BCUT2D eigenvalue weighted by Gasteiger charge is -2.35. The van der Waals surface area contributed by atoms with E-state index in [0.29, 0.717) is 11.8 Å². The summed E-state index contributed by atoms with van der Waals surface area (Å²) in [5, 5.41) is 25.1. The Morgan fingerprint density at radius 2 is 1.79 bits per heavy atom. The Labute approximate surface area is 199 Å². The van der Waals surface area contributed by atoms with Gasteiger partial charge in [0.1, 0.15) is 23.7 Å². The van der Waals surface area contributed by atoms with Crippen molar-refractivity contribution in [1.82, 2.24) is 15.5 Å². The number of likely N-dealkylation sites (tertiary alicyclic amines) is 1.